The highest BCUT2D eigenvalue weighted by Crippen LogP contribution is 2.01. The summed E-state index contributed by atoms with van der Waals surface area (Å²) in [6, 6.07) is 0. The zero-order valence-electron chi connectivity index (χ0n) is 10.7. The van der Waals surface area contributed by atoms with E-state index in [9.17, 15) is 0 Å². The lowest BCUT2D eigenvalue weighted by atomic mass is 10.2. The summed E-state index contributed by atoms with van der Waals surface area (Å²) >= 11 is 0. The van der Waals surface area contributed by atoms with Crippen molar-refractivity contribution in [3.8, 4) is 0 Å². The largest absolute Gasteiger partial charge is 0.330 e. The van der Waals surface area contributed by atoms with E-state index in [4.69, 9.17) is 17.2 Å². The van der Waals surface area contributed by atoms with Crippen LogP contribution < -0.4 is 17.2 Å². The lowest BCUT2D eigenvalue weighted by molar-refractivity contribution is 0.268. The molecule has 0 aliphatic heterocycles. The van der Waals surface area contributed by atoms with Crippen LogP contribution in [0.15, 0.2) is 0 Å². The van der Waals surface area contributed by atoms with E-state index in [-0.39, 0.29) is 0 Å². The van der Waals surface area contributed by atoms with Crippen molar-refractivity contribution in [3.63, 3.8) is 0 Å². The van der Waals surface area contributed by atoms with Crippen molar-refractivity contribution in [3.05, 3.63) is 0 Å². The molecular weight excluding hydrogens is 200 g/mol. The maximum atomic E-state index is 5.61. The summed E-state index contributed by atoms with van der Waals surface area (Å²) in [6.07, 6.45) is 7.25. The predicted molar refractivity (Wildman–Crippen MR) is 71.3 cm³/mol. The van der Waals surface area contributed by atoms with Crippen molar-refractivity contribution in [2.45, 2.75) is 38.5 Å². The Labute approximate surface area is 101 Å². The Kier molecular flexibility index (Phi) is 12.8. The predicted octanol–water partition coefficient (Wildman–Crippen LogP) is 0.505. The van der Waals surface area contributed by atoms with Gasteiger partial charge in [0.2, 0.25) is 0 Å². The topological polar surface area (TPSA) is 81.3 Å². The molecule has 0 aliphatic carbocycles. The van der Waals surface area contributed by atoms with Crippen LogP contribution in [0.1, 0.15) is 38.5 Å². The third kappa shape index (κ3) is 10.4. The number of hydrogen-bond acceptors (Lipinski definition) is 4. The summed E-state index contributed by atoms with van der Waals surface area (Å²) in [5.74, 6) is 0. The molecule has 4 heteroatoms. The van der Waals surface area contributed by atoms with Crippen molar-refractivity contribution in [1.82, 2.24) is 4.90 Å². The van der Waals surface area contributed by atoms with Crippen molar-refractivity contribution < 1.29 is 0 Å². The lowest BCUT2D eigenvalue weighted by Gasteiger charge is -2.21. The van der Waals surface area contributed by atoms with Crippen LogP contribution >= 0.6 is 0 Å². The minimum Gasteiger partial charge on any atom is -0.330 e. The fourth-order valence-corrected chi connectivity index (χ4v) is 1.83. The average Bonchev–Trinajstić information content (AvgIpc) is 2.30. The molecule has 0 unspecified atom stereocenters. The second kappa shape index (κ2) is 12.9. The molecule has 0 amide bonds. The molecule has 0 fully saturated rings. The molecule has 6 N–H and O–H groups in total. The first-order valence-electron chi connectivity index (χ1n) is 6.67. The van der Waals surface area contributed by atoms with Gasteiger partial charge in [0, 0.05) is 13.1 Å². The lowest BCUT2D eigenvalue weighted by Crippen LogP contribution is -2.31. The molecule has 0 aromatic heterocycles. The van der Waals surface area contributed by atoms with Gasteiger partial charge in [-0.2, -0.15) is 0 Å². The molecule has 0 saturated heterocycles. The third-order valence-electron chi connectivity index (χ3n) is 2.80. The normalized spacial score (nSPS) is 11.2. The number of unbranched alkanes of at least 4 members (excludes halogenated alkanes) is 4. The molecule has 16 heavy (non-hydrogen) atoms. The van der Waals surface area contributed by atoms with E-state index in [1.54, 1.807) is 0 Å². The Morgan fingerprint density at radius 2 is 1.00 bits per heavy atom. The molecule has 0 heterocycles. The van der Waals surface area contributed by atoms with E-state index in [0.717, 1.165) is 39.0 Å². The highest BCUT2D eigenvalue weighted by Gasteiger charge is 2.02. The van der Waals surface area contributed by atoms with Gasteiger partial charge in [0.25, 0.3) is 0 Å². The number of nitrogens with two attached hydrogens (primary N) is 3. The minimum absolute atomic E-state index is 0.758. The summed E-state index contributed by atoms with van der Waals surface area (Å²) in [5.41, 5.74) is 16.6. The van der Waals surface area contributed by atoms with Gasteiger partial charge in [-0.15, -0.1) is 0 Å². The van der Waals surface area contributed by atoms with Crippen LogP contribution in [0.25, 0.3) is 0 Å². The Balaban J connectivity index is 3.45. The van der Waals surface area contributed by atoms with Crippen molar-refractivity contribution in [2.24, 2.45) is 17.2 Å². The highest BCUT2D eigenvalue weighted by atomic mass is 15.1. The Morgan fingerprint density at radius 3 is 1.38 bits per heavy atom. The molecular formula is C12H30N4. The number of rotatable bonds is 12. The molecule has 0 aromatic carbocycles. The van der Waals surface area contributed by atoms with Crippen molar-refractivity contribution >= 4 is 0 Å². The van der Waals surface area contributed by atoms with Crippen LogP contribution in [0.2, 0.25) is 0 Å². The molecule has 0 aliphatic rings. The molecule has 4 nitrogen and oxygen atoms in total. The molecule has 0 aromatic rings. The van der Waals surface area contributed by atoms with Crippen LogP contribution in [0.5, 0.6) is 0 Å². The zero-order valence-corrected chi connectivity index (χ0v) is 10.7. The second-order valence-electron chi connectivity index (χ2n) is 4.33. The van der Waals surface area contributed by atoms with Gasteiger partial charge < -0.3 is 22.1 Å². The van der Waals surface area contributed by atoms with Crippen LogP contribution in [0.3, 0.4) is 0 Å². The first-order chi connectivity index (χ1) is 7.85. The summed E-state index contributed by atoms with van der Waals surface area (Å²) in [5, 5.41) is 0. The average molecular weight is 230 g/mol. The van der Waals surface area contributed by atoms with Gasteiger partial charge in [-0.25, -0.2) is 0 Å². The van der Waals surface area contributed by atoms with Gasteiger partial charge >= 0.3 is 0 Å². The summed E-state index contributed by atoms with van der Waals surface area (Å²) in [6.45, 7) is 5.74. The Hall–Kier alpha value is -0.160. The van der Waals surface area contributed by atoms with E-state index >= 15 is 0 Å². The monoisotopic (exact) mass is 230 g/mol. The first kappa shape index (κ1) is 15.8. The Bertz CT molecular complexity index is 118. The molecule has 0 bridgehead atoms. The third-order valence-corrected chi connectivity index (χ3v) is 2.80. The van der Waals surface area contributed by atoms with Crippen molar-refractivity contribution in [2.75, 3.05) is 39.3 Å². The van der Waals surface area contributed by atoms with Gasteiger partial charge in [-0.05, 0) is 51.9 Å². The SMILES string of the molecule is NCCCCCN(CCN)CCCCCN. The van der Waals surface area contributed by atoms with E-state index in [1.165, 1.54) is 38.8 Å². The van der Waals surface area contributed by atoms with Crippen LogP contribution in [-0.4, -0.2) is 44.2 Å². The number of nitrogens with zero attached hydrogens (tertiary/aromatic N) is 1. The van der Waals surface area contributed by atoms with Crippen LogP contribution in [0, 0.1) is 0 Å². The second-order valence-corrected chi connectivity index (χ2v) is 4.33. The smallest absolute Gasteiger partial charge is 0.0105 e. The summed E-state index contributed by atoms with van der Waals surface area (Å²) in [7, 11) is 0. The molecule has 0 spiro atoms. The van der Waals surface area contributed by atoms with Crippen molar-refractivity contribution in [1.29, 1.82) is 0 Å². The minimum atomic E-state index is 0.758. The van der Waals surface area contributed by atoms with Gasteiger partial charge in [-0.3, -0.25) is 0 Å². The van der Waals surface area contributed by atoms with Crippen LogP contribution in [0.4, 0.5) is 0 Å². The molecule has 0 radical (unpaired) electrons. The first-order valence-corrected chi connectivity index (χ1v) is 6.67. The fraction of sp³-hybridized carbons (Fsp3) is 1.00. The van der Waals surface area contributed by atoms with Gasteiger partial charge in [0.15, 0.2) is 0 Å². The molecule has 0 atom stereocenters. The maximum Gasteiger partial charge on any atom is 0.0105 e. The van der Waals surface area contributed by atoms with E-state index in [0.29, 0.717) is 0 Å². The summed E-state index contributed by atoms with van der Waals surface area (Å²) in [4.78, 5) is 2.47. The van der Waals surface area contributed by atoms with Gasteiger partial charge in [-0.1, -0.05) is 12.8 Å². The van der Waals surface area contributed by atoms with E-state index in [1.807, 2.05) is 0 Å². The fourth-order valence-electron chi connectivity index (χ4n) is 1.83. The molecule has 0 rings (SSSR count). The zero-order chi connectivity index (χ0) is 12.1. The molecule has 98 valence electrons. The standard InChI is InChI=1S/C12H30N4/c13-7-3-1-5-10-16(12-9-15)11-6-2-4-8-14/h1-15H2. The number of hydrogen-bond donors (Lipinski definition) is 3. The van der Waals surface area contributed by atoms with Gasteiger partial charge in [0.05, 0.1) is 0 Å². The molecule has 0 saturated carbocycles. The maximum absolute atomic E-state index is 5.61. The van der Waals surface area contributed by atoms with E-state index in [2.05, 4.69) is 4.90 Å². The van der Waals surface area contributed by atoms with Crippen LogP contribution in [-0.2, 0) is 0 Å². The van der Waals surface area contributed by atoms with E-state index < -0.39 is 0 Å². The highest BCUT2D eigenvalue weighted by molar-refractivity contribution is 4.59. The quantitative estimate of drug-likeness (QED) is 0.427. The summed E-state index contributed by atoms with van der Waals surface area (Å²) < 4.78 is 0. The van der Waals surface area contributed by atoms with Gasteiger partial charge in [0.1, 0.15) is 0 Å². The Morgan fingerprint density at radius 1 is 0.500 bits per heavy atom.